The first kappa shape index (κ1) is 14.3. The molecule has 0 spiro atoms. The van der Waals surface area contributed by atoms with Gasteiger partial charge in [0.1, 0.15) is 12.1 Å². The molecule has 0 atom stereocenters. The monoisotopic (exact) mass is 310 g/mol. The Morgan fingerprint density at radius 3 is 2.59 bits per heavy atom. The summed E-state index contributed by atoms with van der Waals surface area (Å²) in [5.41, 5.74) is 1.28. The number of carbonyl (C=O) groups is 1. The zero-order valence-corrected chi connectivity index (χ0v) is 12.7. The van der Waals surface area contributed by atoms with E-state index in [9.17, 15) is 4.79 Å². The minimum Gasteiger partial charge on any atom is -0.322 e. The zero-order valence-electron chi connectivity index (χ0n) is 11.9. The van der Waals surface area contributed by atoms with E-state index in [2.05, 4.69) is 15.3 Å². The standard InChI is InChI=1S/C16H14N4OS/c1-22-14-5-3-13(4-6-14)19-16(21)12-2-7-15(18-10-12)20-9-8-17-11-20/h2-11H,1H3,(H,19,21). The van der Waals surface area contributed by atoms with Crippen LogP contribution in [0.4, 0.5) is 5.69 Å². The second-order valence-electron chi connectivity index (χ2n) is 4.56. The summed E-state index contributed by atoms with van der Waals surface area (Å²) in [6.45, 7) is 0. The van der Waals surface area contributed by atoms with Gasteiger partial charge in [0.2, 0.25) is 0 Å². The number of nitrogens with zero attached hydrogens (tertiary/aromatic N) is 3. The van der Waals surface area contributed by atoms with E-state index < -0.39 is 0 Å². The van der Waals surface area contributed by atoms with Crippen molar-refractivity contribution in [3.05, 3.63) is 66.9 Å². The molecule has 0 aliphatic carbocycles. The quantitative estimate of drug-likeness (QED) is 0.752. The van der Waals surface area contributed by atoms with Crippen molar-refractivity contribution in [3.63, 3.8) is 0 Å². The van der Waals surface area contributed by atoms with E-state index in [1.807, 2.05) is 30.5 Å². The molecule has 3 rings (SSSR count). The predicted molar refractivity (Wildman–Crippen MR) is 87.5 cm³/mol. The van der Waals surface area contributed by atoms with Gasteiger partial charge in [-0.1, -0.05) is 0 Å². The van der Waals surface area contributed by atoms with Crippen LogP contribution in [0.15, 0.2) is 66.2 Å². The van der Waals surface area contributed by atoms with Crippen LogP contribution in [-0.2, 0) is 0 Å². The molecule has 5 nitrogen and oxygen atoms in total. The highest BCUT2D eigenvalue weighted by Crippen LogP contribution is 2.18. The number of thioether (sulfide) groups is 1. The van der Waals surface area contributed by atoms with Gasteiger partial charge >= 0.3 is 0 Å². The van der Waals surface area contributed by atoms with Crippen LogP contribution in [0, 0.1) is 0 Å². The van der Waals surface area contributed by atoms with E-state index in [4.69, 9.17) is 0 Å². The fourth-order valence-electron chi connectivity index (χ4n) is 1.95. The molecule has 0 radical (unpaired) electrons. The fraction of sp³-hybridized carbons (Fsp3) is 0.0625. The van der Waals surface area contributed by atoms with Crippen LogP contribution < -0.4 is 5.32 Å². The molecule has 0 bridgehead atoms. The van der Waals surface area contributed by atoms with Crippen molar-refractivity contribution >= 4 is 23.4 Å². The van der Waals surface area contributed by atoms with E-state index in [1.165, 1.54) is 0 Å². The Kier molecular flexibility index (Phi) is 4.20. The molecule has 0 aliphatic rings. The molecular weight excluding hydrogens is 296 g/mol. The number of pyridine rings is 1. The van der Waals surface area contributed by atoms with Gasteiger partial charge in [0, 0.05) is 29.2 Å². The maximum atomic E-state index is 12.2. The lowest BCUT2D eigenvalue weighted by molar-refractivity contribution is 0.102. The van der Waals surface area contributed by atoms with Gasteiger partial charge in [-0.15, -0.1) is 11.8 Å². The lowest BCUT2D eigenvalue weighted by Gasteiger charge is -2.06. The van der Waals surface area contributed by atoms with Crippen LogP contribution in [0.5, 0.6) is 0 Å². The maximum absolute atomic E-state index is 12.2. The van der Waals surface area contributed by atoms with E-state index in [0.717, 1.165) is 16.4 Å². The Balaban J connectivity index is 1.71. The molecule has 0 saturated heterocycles. The highest BCUT2D eigenvalue weighted by molar-refractivity contribution is 7.98. The Labute approximate surface area is 132 Å². The molecule has 6 heteroatoms. The lowest BCUT2D eigenvalue weighted by atomic mass is 10.2. The second kappa shape index (κ2) is 6.44. The fourth-order valence-corrected chi connectivity index (χ4v) is 2.35. The first-order chi connectivity index (χ1) is 10.8. The van der Waals surface area contributed by atoms with Gasteiger partial charge in [-0.2, -0.15) is 0 Å². The summed E-state index contributed by atoms with van der Waals surface area (Å²) in [6, 6.07) is 11.2. The highest BCUT2D eigenvalue weighted by Gasteiger charge is 2.07. The molecule has 0 fully saturated rings. The molecule has 0 unspecified atom stereocenters. The number of nitrogens with one attached hydrogen (secondary N) is 1. The van der Waals surface area contributed by atoms with Crippen LogP contribution in [-0.4, -0.2) is 26.7 Å². The van der Waals surface area contributed by atoms with Crippen molar-refractivity contribution in [2.24, 2.45) is 0 Å². The van der Waals surface area contributed by atoms with Crippen LogP contribution >= 0.6 is 11.8 Å². The molecule has 22 heavy (non-hydrogen) atoms. The largest absolute Gasteiger partial charge is 0.322 e. The third kappa shape index (κ3) is 3.17. The molecule has 2 heterocycles. The van der Waals surface area contributed by atoms with Gasteiger partial charge < -0.3 is 5.32 Å². The first-order valence-corrected chi connectivity index (χ1v) is 7.88. The molecule has 1 amide bonds. The summed E-state index contributed by atoms with van der Waals surface area (Å²) in [5.74, 6) is 0.542. The second-order valence-corrected chi connectivity index (χ2v) is 5.44. The summed E-state index contributed by atoms with van der Waals surface area (Å²) >= 11 is 1.66. The van der Waals surface area contributed by atoms with Crippen molar-refractivity contribution in [1.82, 2.24) is 14.5 Å². The lowest BCUT2D eigenvalue weighted by Crippen LogP contribution is -2.12. The molecule has 2 aromatic heterocycles. The number of amides is 1. The third-order valence-corrected chi connectivity index (χ3v) is 3.87. The Bertz CT molecular complexity index is 752. The molecule has 3 aromatic rings. The zero-order chi connectivity index (χ0) is 15.4. The van der Waals surface area contributed by atoms with Gasteiger partial charge in [0.05, 0.1) is 5.56 Å². The highest BCUT2D eigenvalue weighted by atomic mass is 32.2. The van der Waals surface area contributed by atoms with Gasteiger partial charge in [-0.25, -0.2) is 9.97 Å². The molecule has 0 aliphatic heterocycles. The topological polar surface area (TPSA) is 59.8 Å². The van der Waals surface area contributed by atoms with Crippen molar-refractivity contribution in [2.75, 3.05) is 11.6 Å². The average Bonchev–Trinajstić information content (AvgIpc) is 3.10. The number of hydrogen-bond donors (Lipinski definition) is 1. The van der Waals surface area contributed by atoms with Crippen LogP contribution in [0.3, 0.4) is 0 Å². The van der Waals surface area contributed by atoms with Crippen molar-refractivity contribution in [3.8, 4) is 5.82 Å². The van der Waals surface area contributed by atoms with E-state index in [-0.39, 0.29) is 5.91 Å². The average molecular weight is 310 g/mol. The van der Waals surface area contributed by atoms with Crippen molar-refractivity contribution < 1.29 is 4.79 Å². The summed E-state index contributed by atoms with van der Waals surface area (Å²) in [5, 5.41) is 2.86. The van der Waals surface area contributed by atoms with E-state index in [1.54, 1.807) is 53.4 Å². The molecular formula is C16H14N4OS. The van der Waals surface area contributed by atoms with E-state index >= 15 is 0 Å². The molecule has 1 N–H and O–H groups in total. The summed E-state index contributed by atoms with van der Waals surface area (Å²) < 4.78 is 1.78. The minimum atomic E-state index is -0.179. The normalized spacial score (nSPS) is 10.4. The summed E-state index contributed by atoms with van der Waals surface area (Å²) in [4.78, 5) is 21.6. The summed E-state index contributed by atoms with van der Waals surface area (Å²) in [7, 11) is 0. The number of imidazole rings is 1. The van der Waals surface area contributed by atoms with Crippen LogP contribution in [0.2, 0.25) is 0 Å². The minimum absolute atomic E-state index is 0.179. The third-order valence-electron chi connectivity index (χ3n) is 3.13. The van der Waals surface area contributed by atoms with Gasteiger partial charge in [-0.3, -0.25) is 9.36 Å². The van der Waals surface area contributed by atoms with Crippen molar-refractivity contribution in [1.29, 1.82) is 0 Å². The number of aromatic nitrogens is 3. The number of anilines is 1. The number of hydrogen-bond acceptors (Lipinski definition) is 4. The Morgan fingerprint density at radius 2 is 2.00 bits per heavy atom. The van der Waals surface area contributed by atoms with Crippen LogP contribution in [0.1, 0.15) is 10.4 Å². The van der Waals surface area contributed by atoms with E-state index in [0.29, 0.717) is 5.56 Å². The van der Waals surface area contributed by atoms with Crippen molar-refractivity contribution in [2.45, 2.75) is 4.90 Å². The smallest absolute Gasteiger partial charge is 0.257 e. The molecule has 1 aromatic carbocycles. The van der Waals surface area contributed by atoms with Gasteiger partial charge in [0.25, 0.3) is 5.91 Å². The Hall–Kier alpha value is -2.60. The number of benzene rings is 1. The van der Waals surface area contributed by atoms with Crippen LogP contribution in [0.25, 0.3) is 5.82 Å². The predicted octanol–water partition coefficient (Wildman–Crippen LogP) is 3.24. The SMILES string of the molecule is CSc1ccc(NC(=O)c2ccc(-n3ccnc3)nc2)cc1. The van der Waals surface area contributed by atoms with Gasteiger partial charge in [-0.05, 0) is 42.7 Å². The Morgan fingerprint density at radius 1 is 1.18 bits per heavy atom. The van der Waals surface area contributed by atoms with Gasteiger partial charge in [0.15, 0.2) is 0 Å². The summed E-state index contributed by atoms with van der Waals surface area (Å²) in [6.07, 6.45) is 8.72. The maximum Gasteiger partial charge on any atom is 0.257 e. The molecule has 110 valence electrons. The number of rotatable bonds is 4. The molecule has 0 saturated carbocycles. The number of carbonyl (C=O) groups excluding carboxylic acids is 1. The first-order valence-electron chi connectivity index (χ1n) is 6.66.